The minimum absolute atomic E-state index is 0.00773. The van der Waals surface area contributed by atoms with E-state index in [2.05, 4.69) is 49.7 Å². The number of aromatic nitrogens is 2. The van der Waals surface area contributed by atoms with Gasteiger partial charge < -0.3 is 20.3 Å². The van der Waals surface area contributed by atoms with Gasteiger partial charge in [-0.2, -0.15) is 4.98 Å². The molecule has 2 aliphatic heterocycles. The van der Waals surface area contributed by atoms with Crippen molar-refractivity contribution in [2.75, 3.05) is 12.3 Å². The number of phosphoric acid groups is 1. The maximum Gasteiger partial charge on any atom is 0.469 e. The molecule has 0 fully saturated rings. The van der Waals surface area contributed by atoms with Gasteiger partial charge in [-0.15, -0.1) is 25.3 Å². The molecule has 11 nitrogen and oxygen atoms in total. The summed E-state index contributed by atoms with van der Waals surface area (Å²) in [5, 5.41) is -0.00773. The number of anilines is 1. The standard InChI is InChI=1S/C10H12N5O6PS2/c11-10-14-7-4(8(16)15-10)12-3-6(24)5(23)2(21-9(3)13-7)1-20-22(17,18)19/h2-3,9,23-24H,1H2,(H2,17,18,19)(H3,11,13,14,15,16)/t2-,3+,9-/m1/s1. The molecule has 0 saturated heterocycles. The van der Waals surface area contributed by atoms with Crippen molar-refractivity contribution < 1.29 is 23.6 Å². The fourth-order valence-corrected chi connectivity index (χ4v) is 3.13. The van der Waals surface area contributed by atoms with Gasteiger partial charge in [0.2, 0.25) is 5.95 Å². The Labute approximate surface area is 144 Å². The highest BCUT2D eigenvalue weighted by Gasteiger charge is 2.38. The average Bonchev–Trinajstić information content (AvgIpc) is 2.47. The summed E-state index contributed by atoms with van der Waals surface area (Å²) in [6.07, 6.45) is -1.81. The molecule has 0 unspecified atom stereocenters. The Bertz CT molecular complexity index is 942. The Balaban J connectivity index is 2.01. The van der Waals surface area contributed by atoms with E-state index in [-0.39, 0.29) is 21.7 Å². The number of hydrogen-bond donors (Lipinski definition) is 6. The highest BCUT2D eigenvalue weighted by Crippen LogP contribution is 2.39. The van der Waals surface area contributed by atoms with Crippen LogP contribution in [0.25, 0.3) is 0 Å². The van der Waals surface area contributed by atoms with Gasteiger partial charge in [0, 0.05) is 9.81 Å². The van der Waals surface area contributed by atoms with Crippen molar-refractivity contribution in [1.29, 1.82) is 0 Å². The molecule has 3 heterocycles. The number of hydrogen-bond acceptors (Lipinski definition) is 10. The number of phosphoric ester groups is 1. The molecule has 14 heteroatoms. The van der Waals surface area contributed by atoms with Crippen molar-refractivity contribution in [3.63, 3.8) is 0 Å². The molecule has 0 spiro atoms. The molecule has 0 amide bonds. The summed E-state index contributed by atoms with van der Waals surface area (Å²) < 4.78 is 20.9. The minimum Gasteiger partial charge on any atom is -0.369 e. The molecule has 0 bridgehead atoms. The Hall–Kier alpha value is -1.21. The van der Waals surface area contributed by atoms with Crippen molar-refractivity contribution in [2.24, 2.45) is 9.98 Å². The van der Waals surface area contributed by atoms with Crippen molar-refractivity contribution in [1.82, 2.24) is 9.97 Å². The first-order valence-corrected chi connectivity index (χ1v) is 8.87. The van der Waals surface area contributed by atoms with E-state index >= 15 is 0 Å². The topological polar surface area (TPSA) is 172 Å². The molecule has 2 aliphatic rings. The summed E-state index contributed by atoms with van der Waals surface area (Å²) in [6, 6.07) is -0.730. The third kappa shape index (κ3) is 3.42. The number of fused-ring (bicyclic) bond motifs is 2. The second-order valence-corrected chi connectivity index (χ2v) is 7.10. The van der Waals surface area contributed by atoms with E-state index in [1.165, 1.54) is 0 Å². The summed E-state index contributed by atoms with van der Waals surface area (Å²) in [5.74, 6) is -0.120. The number of thiol groups is 2. The lowest BCUT2D eigenvalue weighted by molar-refractivity contribution is -0.0296. The van der Waals surface area contributed by atoms with Crippen molar-refractivity contribution in [3.8, 4) is 0 Å². The molecule has 0 radical (unpaired) electrons. The van der Waals surface area contributed by atoms with Crippen LogP contribution in [0, 0.1) is 0 Å². The fraction of sp³-hybridized carbons (Fsp3) is 0.400. The number of ether oxygens (including phenoxy) is 1. The largest absolute Gasteiger partial charge is 0.469 e. The van der Waals surface area contributed by atoms with Gasteiger partial charge in [0.15, 0.2) is 17.1 Å². The van der Waals surface area contributed by atoms with Gasteiger partial charge in [0.1, 0.15) is 12.1 Å². The van der Waals surface area contributed by atoms with E-state index in [0.29, 0.717) is 4.91 Å². The first kappa shape index (κ1) is 17.6. The number of rotatable bonds is 3. The van der Waals surface area contributed by atoms with Gasteiger partial charge >= 0.3 is 7.82 Å². The molecular formula is C10H12N5O6PS2. The van der Waals surface area contributed by atoms with Crippen LogP contribution in [-0.4, -0.2) is 44.7 Å². The Morgan fingerprint density at radius 3 is 2.71 bits per heavy atom. The molecule has 24 heavy (non-hydrogen) atoms. The predicted octanol–water partition coefficient (Wildman–Crippen LogP) is -2.12. The highest BCUT2D eigenvalue weighted by molar-refractivity contribution is 7.88. The average molecular weight is 393 g/mol. The Morgan fingerprint density at radius 1 is 1.33 bits per heavy atom. The third-order valence-electron chi connectivity index (χ3n) is 3.23. The molecule has 5 N–H and O–H groups in total. The molecule has 1 aromatic rings. The van der Waals surface area contributed by atoms with E-state index < -0.39 is 38.4 Å². The molecule has 0 saturated carbocycles. The highest BCUT2D eigenvalue weighted by atomic mass is 32.1. The maximum atomic E-state index is 11.9. The lowest BCUT2D eigenvalue weighted by Gasteiger charge is -2.34. The first-order valence-electron chi connectivity index (χ1n) is 6.44. The van der Waals surface area contributed by atoms with Gasteiger partial charge in [-0.1, -0.05) is 0 Å². The van der Waals surface area contributed by atoms with E-state index in [0.717, 1.165) is 0 Å². The SMILES string of the molecule is Nc1nc2c(c(=O)[nH]1)=N[C@H]1C(S)=C(S)[C@@H](COP(=O)(O)O)O[C@H]1N=2. The number of nitrogen functional groups attached to an aromatic ring is 1. The van der Waals surface area contributed by atoms with E-state index in [1.54, 1.807) is 0 Å². The van der Waals surface area contributed by atoms with Gasteiger partial charge in [-0.25, -0.2) is 9.56 Å². The molecule has 130 valence electrons. The second kappa shape index (κ2) is 6.26. The number of aromatic amines is 1. The lowest BCUT2D eigenvalue weighted by atomic mass is 10.1. The lowest BCUT2D eigenvalue weighted by Crippen LogP contribution is -2.52. The molecule has 3 atom stereocenters. The summed E-state index contributed by atoms with van der Waals surface area (Å²) >= 11 is 8.54. The molecular weight excluding hydrogens is 381 g/mol. The Morgan fingerprint density at radius 2 is 2.04 bits per heavy atom. The van der Waals surface area contributed by atoms with Gasteiger partial charge in [0.05, 0.1) is 6.61 Å². The summed E-state index contributed by atoms with van der Waals surface area (Å²) in [4.78, 5) is 44.7. The van der Waals surface area contributed by atoms with Crippen LogP contribution in [0.3, 0.4) is 0 Å². The van der Waals surface area contributed by atoms with E-state index in [1.807, 2.05) is 0 Å². The maximum absolute atomic E-state index is 11.9. The molecule has 0 aromatic carbocycles. The van der Waals surface area contributed by atoms with Crippen LogP contribution in [0.2, 0.25) is 0 Å². The summed E-state index contributed by atoms with van der Waals surface area (Å²) in [5.41, 5.74) is 4.93. The second-order valence-electron chi connectivity index (χ2n) is 4.90. The first-order chi connectivity index (χ1) is 11.2. The number of nitrogens with two attached hydrogens (primary N) is 1. The Kier molecular flexibility index (Phi) is 4.59. The molecule has 3 rings (SSSR count). The van der Waals surface area contributed by atoms with Crippen LogP contribution < -0.4 is 22.1 Å². The quantitative estimate of drug-likeness (QED) is 0.250. The minimum atomic E-state index is -4.67. The van der Waals surface area contributed by atoms with Crippen LogP contribution in [0.1, 0.15) is 0 Å². The zero-order valence-corrected chi connectivity index (χ0v) is 14.4. The molecule has 1 aromatic heterocycles. The number of nitrogens with one attached hydrogen (secondary N) is 1. The van der Waals surface area contributed by atoms with Gasteiger partial charge in [-0.05, 0) is 0 Å². The van der Waals surface area contributed by atoms with Crippen molar-refractivity contribution in [2.45, 2.75) is 18.4 Å². The van der Waals surface area contributed by atoms with Crippen LogP contribution in [0.5, 0.6) is 0 Å². The van der Waals surface area contributed by atoms with Crippen LogP contribution in [0.4, 0.5) is 5.95 Å². The van der Waals surface area contributed by atoms with Crippen LogP contribution >= 0.6 is 33.1 Å². The van der Waals surface area contributed by atoms with Gasteiger partial charge in [0.25, 0.3) is 5.56 Å². The zero-order valence-electron chi connectivity index (χ0n) is 11.7. The third-order valence-corrected chi connectivity index (χ3v) is 4.92. The number of nitrogens with zero attached hydrogens (tertiary/aromatic N) is 3. The van der Waals surface area contributed by atoms with Crippen LogP contribution in [-0.2, 0) is 13.8 Å². The van der Waals surface area contributed by atoms with E-state index in [9.17, 15) is 9.36 Å². The smallest absolute Gasteiger partial charge is 0.369 e. The van der Waals surface area contributed by atoms with Crippen molar-refractivity contribution in [3.05, 3.63) is 31.0 Å². The zero-order chi connectivity index (χ0) is 17.6. The predicted molar refractivity (Wildman–Crippen MR) is 87.0 cm³/mol. The van der Waals surface area contributed by atoms with Gasteiger partial charge in [-0.3, -0.25) is 19.3 Å². The number of H-pyrrole nitrogens is 1. The van der Waals surface area contributed by atoms with Crippen LogP contribution in [0.15, 0.2) is 24.6 Å². The monoisotopic (exact) mass is 393 g/mol. The van der Waals surface area contributed by atoms with Crippen molar-refractivity contribution >= 4 is 39.0 Å². The summed E-state index contributed by atoms with van der Waals surface area (Å²) in [6.45, 7) is -0.455. The fourth-order valence-electron chi connectivity index (χ4n) is 2.21. The molecule has 0 aliphatic carbocycles. The van der Waals surface area contributed by atoms with E-state index in [4.69, 9.17) is 20.3 Å². The normalized spacial score (nSPS) is 26.2. The summed E-state index contributed by atoms with van der Waals surface area (Å²) in [7, 11) is -4.67.